The summed E-state index contributed by atoms with van der Waals surface area (Å²) in [5.74, 6) is -0.796. The van der Waals surface area contributed by atoms with E-state index >= 15 is 0 Å². The van der Waals surface area contributed by atoms with Gasteiger partial charge in [-0.25, -0.2) is 0 Å². The van der Waals surface area contributed by atoms with Gasteiger partial charge in [0.2, 0.25) is 17.7 Å². The Bertz CT molecular complexity index is 375. The third-order valence-electron chi connectivity index (χ3n) is 3.83. The lowest BCUT2D eigenvalue weighted by Gasteiger charge is -2.30. The first-order valence-electron chi connectivity index (χ1n) is 6.47. The predicted molar refractivity (Wildman–Crippen MR) is 64.6 cm³/mol. The standard InChI is InChI=1S/C12H19N3O3/c1-2-12(6-3-7-13-12)11(18)14-8-4-5-9(16)15-10(8)17/h8,13H,2-7H2,1H3,(H,14,18)(H,15,16,17). The van der Waals surface area contributed by atoms with Crippen molar-refractivity contribution in [2.75, 3.05) is 6.54 Å². The number of rotatable bonds is 3. The van der Waals surface area contributed by atoms with Crippen molar-refractivity contribution in [2.24, 2.45) is 0 Å². The molecule has 0 aromatic rings. The number of carbonyl (C=O) groups is 3. The molecule has 0 aromatic carbocycles. The number of hydrogen-bond donors (Lipinski definition) is 3. The minimum absolute atomic E-state index is 0.128. The van der Waals surface area contributed by atoms with Crippen LogP contribution in [-0.4, -0.2) is 35.8 Å². The second-order valence-electron chi connectivity index (χ2n) is 4.94. The first kappa shape index (κ1) is 13.0. The topological polar surface area (TPSA) is 87.3 Å². The third kappa shape index (κ3) is 2.38. The zero-order valence-corrected chi connectivity index (χ0v) is 10.5. The molecule has 2 rings (SSSR count). The van der Waals surface area contributed by atoms with Gasteiger partial charge in [-0.3, -0.25) is 19.7 Å². The molecule has 0 bridgehead atoms. The monoisotopic (exact) mass is 253 g/mol. The second-order valence-corrected chi connectivity index (χ2v) is 4.94. The maximum absolute atomic E-state index is 12.3. The van der Waals surface area contributed by atoms with E-state index in [0.29, 0.717) is 12.8 Å². The normalized spacial score (nSPS) is 32.2. The number of piperidine rings is 1. The second kappa shape index (κ2) is 5.06. The highest BCUT2D eigenvalue weighted by Crippen LogP contribution is 2.23. The van der Waals surface area contributed by atoms with E-state index in [1.165, 1.54) is 0 Å². The fourth-order valence-corrected chi connectivity index (χ4v) is 2.59. The molecule has 0 aliphatic carbocycles. The molecule has 2 heterocycles. The van der Waals surface area contributed by atoms with E-state index in [4.69, 9.17) is 0 Å². The van der Waals surface area contributed by atoms with Gasteiger partial charge in [0.15, 0.2) is 0 Å². The summed E-state index contributed by atoms with van der Waals surface area (Å²) in [4.78, 5) is 34.9. The summed E-state index contributed by atoms with van der Waals surface area (Å²) in [6.07, 6.45) is 3.13. The van der Waals surface area contributed by atoms with Gasteiger partial charge in [0.1, 0.15) is 6.04 Å². The Morgan fingerprint density at radius 3 is 2.83 bits per heavy atom. The molecule has 3 amide bonds. The molecule has 2 aliphatic rings. The van der Waals surface area contributed by atoms with Crippen LogP contribution in [-0.2, 0) is 14.4 Å². The Labute approximate surface area is 106 Å². The molecule has 100 valence electrons. The van der Waals surface area contributed by atoms with Gasteiger partial charge in [0.25, 0.3) is 0 Å². The van der Waals surface area contributed by atoms with Crippen molar-refractivity contribution < 1.29 is 14.4 Å². The molecule has 0 aromatic heterocycles. The van der Waals surface area contributed by atoms with Gasteiger partial charge >= 0.3 is 0 Å². The number of amides is 3. The molecule has 2 saturated heterocycles. The maximum Gasteiger partial charge on any atom is 0.249 e. The van der Waals surface area contributed by atoms with Gasteiger partial charge in [0, 0.05) is 6.42 Å². The van der Waals surface area contributed by atoms with Crippen molar-refractivity contribution in [3.8, 4) is 0 Å². The Hall–Kier alpha value is -1.43. The summed E-state index contributed by atoms with van der Waals surface area (Å²) in [6.45, 7) is 2.79. The average molecular weight is 253 g/mol. The number of carbonyl (C=O) groups excluding carboxylic acids is 3. The highest BCUT2D eigenvalue weighted by molar-refractivity contribution is 6.02. The van der Waals surface area contributed by atoms with Crippen molar-refractivity contribution in [3.63, 3.8) is 0 Å². The number of nitrogens with one attached hydrogen (secondary N) is 3. The molecule has 0 spiro atoms. The Balaban J connectivity index is 1.98. The van der Waals surface area contributed by atoms with Crippen molar-refractivity contribution in [1.29, 1.82) is 0 Å². The van der Waals surface area contributed by atoms with E-state index in [1.54, 1.807) is 0 Å². The zero-order chi connectivity index (χ0) is 13.2. The lowest BCUT2D eigenvalue weighted by molar-refractivity contribution is -0.138. The van der Waals surface area contributed by atoms with Gasteiger partial charge in [-0.2, -0.15) is 0 Å². The minimum Gasteiger partial charge on any atom is -0.343 e. The van der Waals surface area contributed by atoms with Gasteiger partial charge in [0.05, 0.1) is 5.54 Å². The van der Waals surface area contributed by atoms with Crippen LogP contribution in [0.15, 0.2) is 0 Å². The van der Waals surface area contributed by atoms with E-state index in [2.05, 4.69) is 16.0 Å². The Morgan fingerprint density at radius 1 is 1.50 bits per heavy atom. The van der Waals surface area contributed by atoms with Crippen LogP contribution in [0.25, 0.3) is 0 Å². The zero-order valence-electron chi connectivity index (χ0n) is 10.5. The van der Waals surface area contributed by atoms with Crippen LogP contribution in [0.4, 0.5) is 0 Å². The van der Waals surface area contributed by atoms with Gasteiger partial charge in [-0.15, -0.1) is 0 Å². The molecule has 0 saturated carbocycles. The maximum atomic E-state index is 12.3. The number of imide groups is 1. The SMILES string of the molecule is CCC1(C(=O)NC2CCC(=O)NC2=O)CCCN1. The highest BCUT2D eigenvalue weighted by Gasteiger charge is 2.41. The molecule has 2 fully saturated rings. The molecule has 2 unspecified atom stereocenters. The number of hydrogen-bond acceptors (Lipinski definition) is 4. The summed E-state index contributed by atoms with van der Waals surface area (Å²) >= 11 is 0. The molecule has 3 N–H and O–H groups in total. The molecular formula is C12H19N3O3. The van der Waals surface area contributed by atoms with Crippen LogP contribution in [0.5, 0.6) is 0 Å². The summed E-state index contributed by atoms with van der Waals surface area (Å²) in [5, 5.41) is 8.22. The van der Waals surface area contributed by atoms with Crippen molar-refractivity contribution >= 4 is 17.7 Å². The molecule has 18 heavy (non-hydrogen) atoms. The van der Waals surface area contributed by atoms with E-state index < -0.39 is 17.5 Å². The fourth-order valence-electron chi connectivity index (χ4n) is 2.59. The molecule has 2 atom stereocenters. The van der Waals surface area contributed by atoms with E-state index in [0.717, 1.165) is 19.4 Å². The van der Waals surface area contributed by atoms with Crippen LogP contribution in [0.2, 0.25) is 0 Å². The molecule has 0 radical (unpaired) electrons. The summed E-state index contributed by atoms with van der Waals surface area (Å²) < 4.78 is 0. The van der Waals surface area contributed by atoms with E-state index in [-0.39, 0.29) is 18.2 Å². The van der Waals surface area contributed by atoms with Crippen molar-refractivity contribution in [2.45, 2.75) is 50.6 Å². The van der Waals surface area contributed by atoms with Crippen LogP contribution < -0.4 is 16.0 Å². The third-order valence-corrected chi connectivity index (χ3v) is 3.83. The van der Waals surface area contributed by atoms with Crippen molar-refractivity contribution in [1.82, 2.24) is 16.0 Å². The van der Waals surface area contributed by atoms with Crippen LogP contribution in [0.1, 0.15) is 39.0 Å². The smallest absolute Gasteiger partial charge is 0.249 e. The molecule has 6 heteroatoms. The quantitative estimate of drug-likeness (QED) is 0.588. The van der Waals surface area contributed by atoms with E-state index in [1.807, 2.05) is 6.92 Å². The predicted octanol–water partition coefficient (Wildman–Crippen LogP) is -0.560. The highest BCUT2D eigenvalue weighted by atomic mass is 16.2. The van der Waals surface area contributed by atoms with Crippen LogP contribution in [0, 0.1) is 0 Å². The van der Waals surface area contributed by atoms with Gasteiger partial charge in [-0.1, -0.05) is 6.92 Å². The van der Waals surface area contributed by atoms with Crippen LogP contribution in [0.3, 0.4) is 0 Å². The largest absolute Gasteiger partial charge is 0.343 e. The minimum atomic E-state index is -0.582. The lowest BCUT2D eigenvalue weighted by atomic mass is 9.92. The van der Waals surface area contributed by atoms with Gasteiger partial charge < -0.3 is 10.6 Å². The summed E-state index contributed by atoms with van der Waals surface area (Å²) in [6, 6.07) is -0.582. The molecular weight excluding hydrogens is 234 g/mol. The summed E-state index contributed by atoms with van der Waals surface area (Å²) in [7, 11) is 0. The molecule has 6 nitrogen and oxygen atoms in total. The first-order valence-corrected chi connectivity index (χ1v) is 6.47. The Morgan fingerprint density at radius 2 is 2.28 bits per heavy atom. The first-order chi connectivity index (χ1) is 8.57. The van der Waals surface area contributed by atoms with E-state index in [9.17, 15) is 14.4 Å². The average Bonchev–Trinajstić information content (AvgIpc) is 2.82. The van der Waals surface area contributed by atoms with Gasteiger partial charge in [-0.05, 0) is 32.2 Å². The summed E-state index contributed by atoms with van der Waals surface area (Å²) in [5.41, 5.74) is -0.540. The molecule has 2 aliphatic heterocycles. The Kier molecular flexibility index (Phi) is 3.65. The van der Waals surface area contributed by atoms with Crippen molar-refractivity contribution in [3.05, 3.63) is 0 Å². The lowest BCUT2D eigenvalue weighted by Crippen LogP contribution is -2.59. The fraction of sp³-hybridized carbons (Fsp3) is 0.750. The van der Waals surface area contributed by atoms with Crippen LogP contribution >= 0.6 is 0 Å².